The summed E-state index contributed by atoms with van der Waals surface area (Å²) in [6, 6.07) is 12.2. The number of fused-ring (bicyclic) bond motifs is 3. The monoisotopic (exact) mass is 433 g/mol. The summed E-state index contributed by atoms with van der Waals surface area (Å²) >= 11 is 0. The predicted octanol–water partition coefficient (Wildman–Crippen LogP) is 2.56. The molecule has 8 nitrogen and oxygen atoms in total. The number of amides is 2. The molecule has 4 N–H and O–H groups in total. The molecule has 0 saturated carbocycles. The third-order valence-electron chi connectivity index (χ3n) is 5.63. The van der Waals surface area contributed by atoms with Gasteiger partial charge >= 0.3 is 0 Å². The zero-order chi connectivity index (χ0) is 22.8. The quantitative estimate of drug-likeness (QED) is 0.478. The highest BCUT2D eigenvalue weighted by Gasteiger charge is 2.27. The number of hydrogen-bond donors (Lipinski definition) is 4. The van der Waals surface area contributed by atoms with Crippen molar-refractivity contribution in [3.8, 4) is 0 Å². The number of hydrogen-bond acceptors (Lipinski definition) is 5. The van der Waals surface area contributed by atoms with Gasteiger partial charge in [-0.15, -0.1) is 0 Å². The van der Waals surface area contributed by atoms with Crippen molar-refractivity contribution in [2.45, 2.75) is 13.0 Å². The van der Waals surface area contributed by atoms with E-state index in [4.69, 9.17) is 0 Å². The van der Waals surface area contributed by atoms with E-state index < -0.39 is 0 Å². The number of nitrogens with one attached hydrogen (secondary N) is 4. The number of likely N-dealkylation sites (N-methyl/N-ethyl adjacent to an activating group) is 1. The average molecular weight is 434 g/mol. The Bertz CT molecular complexity index is 1180. The minimum atomic E-state index is -0.257. The molecule has 1 atom stereocenters. The third kappa shape index (κ3) is 4.42. The number of anilines is 1. The highest BCUT2D eigenvalue weighted by atomic mass is 16.2. The molecule has 2 aromatic carbocycles. The molecule has 8 heteroatoms. The number of ketones is 1. The van der Waals surface area contributed by atoms with Gasteiger partial charge in [0.25, 0.3) is 11.8 Å². The number of nitrogens with zero attached hydrogens (tertiary/aromatic N) is 1. The van der Waals surface area contributed by atoms with Crippen molar-refractivity contribution in [3.63, 3.8) is 0 Å². The van der Waals surface area contributed by atoms with Gasteiger partial charge in [-0.1, -0.05) is 0 Å². The fourth-order valence-corrected chi connectivity index (χ4v) is 3.86. The Morgan fingerprint density at radius 3 is 2.50 bits per heavy atom. The predicted molar refractivity (Wildman–Crippen MR) is 124 cm³/mol. The number of H-pyrrole nitrogens is 1. The second-order valence-electron chi connectivity index (χ2n) is 8.29. The van der Waals surface area contributed by atoms with Gasteiger partial charge in [0, 0.05) is 52.4 Å². The summed E-state index contributed by atoms with van der Waals surface area (Å²) in [6.45, 7) is 3.63. The topological polar surface area (TPSA) is 106 Å². The summed E-state index contributed by atoms with van der Waals surface area (Å²) in [5, 5.41) is 9.78. The van der Waals surface area contributed by atoms with Crippen molar-refractivity contribution in [1.82, 2.24) is 20.5 Å². The molecule has 1 aliphatic heterocycles. The second-order valence-corrected chi connectivity index (χ2v) is 8.29. The normalized spacial score (nSPS) is 15.6. The summed E-state index contributed by atoms with van der Waals surface area (Å²) < 4.78 is 0. The minimum Gasteiger partial charge on any atom is -0.352 e. The van der Waals surface area contributed by atoms with E-state index in [9.17, 15) is 14.4 Å². The first-order chi connectivity index (χ1) is 15.3. The van der Waals surface area contributed by atoms with Crippen LogP contribution in [0.15, 0.2) is 42.5 Å². The molecule has 0 fully saturated rings. The molecule has 1 aromatic heterocycles. The van der Waals surface area contributed by atoms with Gasteiger partial charge in [-0.3, -0.25) is 14.4 Å². The lowest BCUT2D eigenvalue weighted by molar-refractivity contribution is 0.0948. The van der Waals surface area contributed by atoms with Crippen LogP contribution in [0, 0.1) is 0 Å². The first-order valence-electron chi connectivity index (χ1n) is 10.6. The van der Waals surface area contributed by atoms with Crippen LogP contribution in [0.2, 0.25) is 0 Å². The van der Waals surface area contributed by atoms with Crippen molar-refractivity contribution in [2.24, 2.45) is 0 Å². The van der Waals surface area contributed by atoms with E-state index in [1.54, 1.807) is 30.3 Å². The Kier molecular flexibility index (Phi) is 6.07. The van der Waals surface area contributed by atoms with Gasteiger partial charge in [0.1, 0.15) is 0 Å². The van der Waals surface area contributed by atoms with Crippen molar-refractivity contribution in [2.75, 3.05) is 39.0 Å². The number of Topliss-reactive ketones (excluding diaryl/α,β-unsaturated/α-hetero) is 1. The molecule has 32 heavy (non-hydrogen) atoms. The first kappa shape index (κ1) is 21.7. The smallest absolute Gasteiger partial charge is 0.255 e. The van der Waals surface area contributed by atoms with Crippen LogP contribution in [0.3, 0.4) is 0 Å². The first-order valence-corrected chi connectivity index (χ1v) is 10.6. The van der Waals surface area contributed by atoms with Gasteiger partial charge in [0.15, 0.2) is 5.78 Å². The van der Waals surface area contributed by atoms with E-state index in [2.05, 4.69) is 20.9 Å². The highest BCUT2D eigenvalue weighted by Crippen LogP contribution is 2.31. The Labute approximate surface area is 186 Å². The molecule has 3 aromatic rings. The van der Waals surface area contributed by atoms with Crippen LogP contribution in [0.1, 0.15) is 49.7 Å². The molecule has 0 bridgehead atoms. The van der Waals surface area contributed by atoms with Gasteiger partial charge in [0.2, 0.25) is 0 Å². The van der Waals surface area contributed by atoms with Crippen LogP contribution in [0.25, 0.3) is 10.9 Å². The molecule has 0 saturated heterocycles. The number of rotatable bonds is 6. The van der Waals surface area contributed by atoms with Gasteiger partial charge in [-0.2, -0.15) is 0 Å². The maximum absolute atomic E-state index is 12.8. The summed E-state index contributed by atoms with van der Waals surface area (Å²) in [6.07, 6.45) is 0. The Hall–Kier alpha value is -3.49. The third-order valence-corrected chi connectivity index (χ3v) is 5.63. The molecule has 166 valence electrons. The molecular weight excluding hydrogens is 406 g/mol. The lowest BCUT2D eigenvalue weighted by atomic mass is 9.97. The van der Waals surface area contributed by atoms with Crippen molar-refractivity contribution in [3.05, 3.63) is 64.8 Å². The fourth-order valence-electron chi connectivity index (χ4n) is 3.86. The summed E-state index contributed by atoms with van der Waals surface area (Å²) in [4.78, 5) is 42.4. The molecule has 0 aliphatic carbocycles. The Morgan fingerprint density at radius 2 is 1.78 bits per heavy atom. The van der Waals surface area contributed by atoms with Gasteiger partial charge in [0.05, 0.1) is 12.2 Å². The van der Waals surface area contributed by atoms with Crippen LogP contribution in [0.5, 0.6) is 0 Å². The fraction of sp³-hybridized carbons (Fsp3) is 0.292. The molecule has 1 aliphatic rings. The van der Waals surface area contributed by atoms with Crippen molar-refractivity contribution < 1.29 is 14.4 Å². The molecule has 1 unspecified atom stereocenters. The van der Waals surface area contributed by atoms with Crippen molar-refractivity contribution >= 4 is 34.2 Å². The van der Waals surface area contributed by atoms with Crippen molar-refractivity contribution in [1.29, 1.82) is 0 Å². The number of aromatic amines is 1. The zero-order valence-corrected chi connectivity index (χ0v) is 18.4. The maximum Gasteiger partial charge on any atom is 0.255 e. The van der Waals surface area contributed by atoms with Crippen LogP contribution >= 0.6 is 0 Å². The van der Waals surface area contributed by atoms with E-state index in [-0.39, 0.29) is 23.6 Å². The van der Waals surface area contributed by atoms with Gasteiger partial charge in [-0.05, 0) is 63.5 Å². The van der Waals surface area contributed by atoms with E-state index in [0.29, 0.717) is 35.6 Å². The molecule has 0 spiro atoms. The van der Waals surface area contributed by atoms with E-state index >= 15 is 0 Å². The molecule has 4 rings (SSSR count). The summed E-state index contributed by atoms with van der Waals surface area (Å²) in [5.41, 5.74) is 3.98. The lowest BCUT2D eigenvalue weighted by Crippen LogP contribution is -2.32. The average Bonchev–Trinajstić information content (AvgIpc) is 3.16. The van der Waals surface area contributed by atoms with Gasteiger partial charge < -0.3 is 25.8 Å². The van der Waals surface area contributed by atoms with Crippen LogP contribution in [-0.4, -0.2) is 61.2 Å². The highest BCUT2D eigenvalue weighted by molar-refractivity contribution is 6.09. The van der Waals surface area contributed by atoms with E-state index in [1.165, 1.54) is 0 Å². The minimum absolute atomic E-state index is 0.0196. The maximum atomic E-state index is 12.8. The van der Waals surface area contributed by atoms with Crippen LogP contribution < -0.4 is 16.0 Å². The standard InChI is InChI=1S/C24H27N5O3/c1-14-21-18-12-16(6-9-19(18)28-22(21)20(30)13-26-14)24(32)27-17-7-4-15(5-8-17)23(31)25-10-11-29(2)3/h4-9,12,14,26,28H,10-11,13H2,1-3H3,(H,25,31)(H,27,32). The van der Waals surface area contributed by atoms with Crippen LogP contribution in [0.4, 0.5) is 5.69 Å². The SMILES string of the molecule is CC1NCC(=O)c2[nH]c3ccc(C(=O)Nc4ccc(C(=O)NCCN(C)C)cc4)cc3c21. The zero-order valence-electron chi connectivity index (χ0n) is 18.4. The largest absolute Gasteiger partial charge is 0.352 e. The molecule has 2 heterocycles. The second kappa shape index (κ2) is 8.94. The van der Waals surface area contributed by atoms with Crippen LogP contribution in [-0.2, 0) is 0 Å². The summed E-state index contributed by atoms with van der Waals surface area (Å²) in [7, 11) is 3.90. The molecule has 2 amide bonds. The lowest BCUT2D eigenvalue weighted by Gasteiger charge is -2.19. The van der Waals surface area contributed by atoms with E-state index in [1.807, 2.05) is 38.1 Å². The summed E-state index contributed by atoms with van der Waals surface area (Å²) in [5.74, 6) is -0.386. The number of carbonyl (C=O) groups is 3. The van der Waals surface area contributed by atoms with Gasteiger partial charge in [-0.25, -0.2) is 0 Å². The Morgan fingerprint density at radius 1 is 1.06 bits per heavy atom. The molecule has 0 radical (unpaired) electrons. The van der Waals surface area contributed by atoms with E-state index in [0.717, 1.165) is 23.0 Å². The molecular formula is C24H27N5O3. The number of aromatic nitrogens is 1. The Balaban J connectivity index is 1.47. The number of benzene rings is 2. The number of carbonyl (C=O) groups excluding carboxylic acids is 3.